The summed E-state index contributed by atoms with van der Waals surface area (Å²) in [6, 6.07) is 11.0. The van der Waals surface area contributed by atoms with Gasteiger partial charge in [0.1, 0.15) is 0 Å². The predicted octanol–water partition coefficient (Wildman–Crippen LogP) is 5.07. The third kappa shape index (κ3) is 3.06. The molecule has 0 bridgehead atoms. The fourth-order valence-corrected chi connectivity index (χ4v) is 5.18. The van der Waals surface area contributed by atoms with E-state index < -0.39 is 0 Å². The van der Waals surface area contributed by atoms with Gasteiger partial charge in [-0.2, -0.15) is 0 Å². The first kappa shape index (κ1) is 14.5. The second kappa shape index (κ2) is 6.10. The van der Waals surface area contributed by atoms with Gasteiger partial charge in [0.05, 0.1) is 9.59 Å². The lowest BCUT2D eigenvalue weighted by molar-refractivity contribution is 0.730. The highest BCUT2D eigenvalue weighted by molar-refractivity contribution is 7.99. The van der Waals surface area contributed by atoms with Crippen molar-refractivity contribution in [2.24, 2.45) is 5.73 Å². The van der Waals surface area contributed by atoms with Gasteiger partial charge in [0.2, 0.25) is 0 Å². The molecule has 0 saturated carbocycles. The molecule has 0 radical (unpaired) electrons. The minimum absolute atomic E-state index is 0.1000. The lowest BCUT2D eigenvalue weighted by Gasteiger charge is -2.19. The van der Waals surface area contributed by atoms with Crippen LogP contribution < -0.4 is 5.73 Å². The van der Waals surface area contributed by atoms with Crippen molar-refractivity contribution in [1.82, 2.24) is 0 Å². The van der Waals surface area contributed by atoms with Gasteiger partial charge in [0, 0.05) is 15.8 Å². The molecule has 0 amide bonds. The number of hydrogen-bond acceptors (Lipinski definition) is 3. The number of benzene rings is 1. The first-order chi connectivity index (χ1) is 9.63. The average Bonchev–Trinajstić information content (AvgIpc) is 3.03. The van der Waals surface area contributed by atoms with Crippen LogP contribution in [0, 0.1) is 0 Å². The van der Waals surface area contributed by atoms with Crippen molar-refractivity contribution in [2.45, 2.75) is 42.4 Å². The minimum atomic E-state index is 0.1000. The Hall–Kier alpha value is -0.480. The summed E-state index contributed by atoms with van der Waals surface area (Å²) < 4.78 is 0.834. The van der Waals surface area contributed by atoms with Gasteiger partial charge in [-0.05, 0) is 61.6 Å². The van der Waals surface area contributed by atoms with E-state index in [-0.39, 0.29) is 11.3 Å². The molecule has 1 heterocycles. The number of thioether (sulfide) groups is 1. The number of aryl methyl sites for hydroxylation is 2. The molecule has 2 N–H and O–H groups in total. The van der Waals surface area contributed by atoms with Crippen LogP contribution in [0.1, 0.15) is 34.6 Å². The van der Waals surface area contributed by atoms with Crippen molar-refractivity contribution in [3.63, 3.8) is 0 Å². The van der Waals surface area contributed by atoms with Crippen LogP contribution >= 0.6 is 34.7 Å². The molecule has 2 atom stereocenters. The Bertz CT molecular complexity index is 606. The molecule has 1 nitrogen and oxygen atoms in total. The van der Waals surface area contributed by atoms with E-state index in [0.717, 1.165) is 4.34 Å². The molecular formula is C16H18ClNS2. The summed E-state index contributed by atoms with van der Waals surface area (Å²) in [5.74, 6) is 0. The van der Waals surface area contributed by atoms with E-state index in [9.17, 15) is 0 Å². The second-order valence-electron chi connectivity index (χ2n) is 5.32. The van der Waals surface area contributed by atoms with Crippen LogP contribution in [0.4, 0.5) is 0 Å². The summed E-state index contributed by atoms with van der Waals surface area (Å²) >= 11 is 9.55. The summed E-state index contributed by atoms with van der Waals surface area (Å²) in [5.41, 5.74) is 9.22. The highest BCUT2D eigenvalue weighted by atomic mass is 35.5. The molecule has 0 saturated heterocycles. The highest BCUT2D eigenvalue weighted by Crippen LogP contribution is 2.42. The van der Waals surface area contributed by atoms with Gasteiger partial charge in [-0.25, -0.2) is 0 Å². The zero-order valence-corrected chi connectivity index (χ0v) is 13.8. The number of hydrogen-bond donors (Lipinski definition) is 1. The molecule has 1 aromatic carbocycles. The number of nitrogens with two attached hydrogens (primary N) is 1. The van der Waals surface area contributed by atoms with Crippen LogP contribution in [0.25, 0.3) is 0 Å². The second-order valence-corrected chi connectivity index (χ2v) is 8.29. The summed E-state index contributed by atoms with van der Waals surface area (Å²) in [6.07, 6.45) is 3.75. The summed E-state index contributed by atoms with van der Waals surface area (Å²) in [6.45, 7) is 2.07. The zero-order valence-electron chi connectivity index (χ0n) is 11.4. The van der Waals surface area contributed by atoms with E-state index in [0.29, 0.717) is 0 Å². The molecular weight excluding hydrogens is 306 g/mol. The first-order valence-electron chi connectivity index (χ1n) is 6.93. The van der Waals surface area contributed by atoms with Crippen LogP contribution in [0.5, 0.6) is 0 Å². The van der Waals surface area contributed by atoms with Crippen LogP contribution in [0.2, 0.25) is 4.34 Å². The Kier molecular flexibility index (Phi) is 4.41. The monoisotopic (exact) mass is 323 g/mol. The maximum Gasteiger partial charge on any atom is 0.0931 e. The van der Waals surface area contributed by atoms with Gasteiger partial charge in [0.15, 0.2) is 0 Å². The Morgan fingerprint density at radius 3 is 2.70 bits per heavy atom. The standard InChI is InChI=1S/C16H18ClNS2/c1-10(18)16(14-7-8-15(17)20-14)19-13-6-5-11-3-2-4-12(11)9-13/h5-10,16H,2-4,18H2,1H3. The molecule has 20 heavy (non-hydrogen) atoms. The number of rotatable bonds is 4. The van der Waals surface area contributed by atoms with Gasteiger partial charge in [-0.3, -0.25) is 0 Å². The Morgan fingerprint density at radius 2 is 2.00 bits per heavy atom. The molecule has 4 heteroatoms. The molecule has 1 aliphatic rings. The molecule has 0 spiro atoms. The number of halogens is 1. The fourth-order valence-electron chi connectivity index (χ4n) is 2.67. The third-order valence-electron chi connectivity index (χ3n) is 3.68. The van der Waals surface area contributed by atoms with Crippen molar-refractivity contribution < 1.29 is 0 Å². The Balaban J connectivity index is 1.83. The van der Waals surface area contributed by atoms with Crippen molar-refractivity contribution in [3.05, 3.63) is 50.7 Å². The largest absolute Gasteiger partial charge is 0.327 e. The van der Waals surface area contributed by atoms with E-state index in [1.807, 2.05) is 17.8 Å². The Labute approximate surface area is 133 Å². The lowest BCUT2D eigenvalue weighted by atomic mass is 10.1. The van der Waals surface area contributed by atoms with Crippen molar-refractivity contribution >= 4 is 34.7 Å². The Morgan fingerprint density at radius 1 is 1.20 bits per heavy atom. The summed E-state index contributed by atoms with van der Waals surface area (Å²) in [4.78, 5) is 2.58. The summed E-state index contributed by atoms with van der Waals surface area (Å²) in [7, 11) is 0. The number of thiophene rings is 1. The highest BCUT2D eigenvalue weighted by Gasteiger charge is 2.20. The van der Waals surface area contributed by atoms with Crippen LogP contribution in [-0.2, 0) is 12.8 Å². The molecule has 0 aliphatic heterocycles. The van der Waals surface area contributed by atoms with E-state index in [4.69, 9.17) is 17.3 Å². The molecule has 1 aromatic heterocycles. The van der Waals surface area contributed by atoms with Crippen molar-refractivity contribution in [3.8, 4) is 0 Å². The zero-order chi connectivity index (χ0) is 14.1. The molecule has 2 aromatic rings. The quantitative estimate of drug-likeness (QED) is 0.795. The topological polar surface area (TPSA) is 26.0 Å². The maximum atomic E-state index is 6.18. The molecule has 2 unspecified atom stereocenters. The van der Waals surface area contributed by atoms with Gasteiger partial charge in [0.25, 0.3) is 0 Å². The predicted molar refractivity (Wildman–Crippen MR) is 90.0 cm³/mol. The minimum Gasteiger partial charge on any atom is -0.327 e. The molecule has 1 aliphatic carbocycles. The van der Waals surface area contributed by atoms with E-state index >= 15 is 0 Å². The number of fused-ring (bicyclic) bond motifs is 1. The van der Waals surface area contributed by atoms with Gasteiger partial charge in [-0.1, -0.05) is 17.7 Å². The normalized spacial score (nSPS) is 16.9. The van der Waals surface area contributed by atoms with Crippen molar-refractivity contribution in [1.29, 1.82) is 0 Å². The fraction of sp³-hybridized carbons (Fsp3) is 0.375. The van der Waals surface area contributed by atoms with Gasteiger partial charge >= 0.3 is 0 Å². The van der Waals surface area contributed by atoms with Crippen molar-refractivity contribution in [2.75, 3.05) is 0 Å². The lowest BCUT2D eigenvalue weighted by Crippen LogP contribution is -2.21. The van der Waals surface area contributed by atoms with Crippen LogP contribution in [-0.4, -0.2) is 6.04 Å². The first-order valence-corrected chi connectivity index (χ1v) is 9.00. The smallest absolute Gasteiger partial charge is 0.0931 e. The van der Waals surface area contributed by atoms with Crippen LogP contribution in [0.3, 0.4) is 0 Å². The van der Waals surface area contributed by atoms with Crippen LogP contribution in [0.15, 0.2) is 35.2 Å². The van der Waals surface area contributed by atoms with E-state index in [2.05, 4.69) is 31.2 Å². The maximum absolute atomic E-state index is 6.18. The van der Waals surface area contributed by atoms with E-state index in [1.54, 1.807) is 11.3 Å². The third-order valence-corrected chi connectivity index (χ3v) is 6.61. The van der Waals surface area contributed by atoms with Gasteiger partial charge < -0.3 is 5.73 Å². The molecule has 3 rings (SSSR count). The molecule has 106 valence electrons. The van der Waals surface area contributed by atoms with E-state index in [1.165, 1.54) is 40.2 Å². The summed E-state index contributed by atoms with van der Waals surface area (Å²) in [5, 5.41) is 0.270. The SMILES string of the molecule is CC(N)C(Sc1ccc2c(c1)CCC2)c1ccc(Cl)s1. The average molecular weight is 324 g/mol. The van der Waals surface area contributed by atoms with Gasteiger partial charge in [-0.15, -0.1) is 23.1 Å². The molecule has 0 fully saturated rings.